The zero-order valence-electron chi connectivity index (χ0n) is 7.38. The molecule has 1 aliphatic carbocycles. The monoisotopic (exact) mass is 294 g/mol. The first-order chi connectivity index (χ1) is 6.34. The van der Waals surface area contributed by atoms with Gasteiger partial charge in [-0.1, -0.05) is 34.8 Å². The number of halogens is 5. The molecule has 1 aliphatic rings. The Balaban J connectivity index is 3.33. The normalized spacial score (nSPS) is 33.8. The minimum absolute atomic E-state index is 0.202. The van der Waals surface area contributed by atoms with Crippen LogP contribution in [0.25, 0.3) is 0 Å². The molecule has 0 heterocycles. The Labute approximate surface area is 108 Å². The van der Waals surface area contributed by atoms with Gasteiger partial charge in [-0.2, -0.15) is 0 Å². The summed E-state index contributed by atoms with van der Waals surface area (Å²) in [5.41, 5.74) is 0. The van der Waals surface area contributed by atoms with Gasteiger partial charge in [0.15, 0.2) is 5.76 Å². The van der Waals surface area contributed by atoms with E-state index in [4.69, 9.17) is 62.7 Å². The minimum atomic E-state index is -1.00. The summed E-state index contributed by atoms with van der Waals surface area (Å²) in [5, 5.41) is 0.0486. The zero-order chi connectivity index (χ0) is 11.1. The Hall–Kier alpha value is 0.730. The van der Waals surface area contributed by atoms with Gasteiger partial charge in [0.05, 0.1) is 22.6 Å². The van der Waals surface area contributed by atoms with Crippen LogP contribution in [0.4, 0.5) is 0 Å². The van der Waals surface area contributed by atoms with Gasteiger partial charge in [-0.3, -0.25) is 0 Å². The standard InChI is InChI=1S/C8H7Cl5O/c1-8(13)6(11)3(9)5(14-2)4(10)7(8)12/h6H,1-2H3. The van der Waals surface area contributed by atoms with Crippen LogP contribution in [0.15, 0.2) is 20.9 Å². The SMILES string of the molecule is COC1=C(Cl)C(Cl)C(C)(Cl)C(Cl)=C1Cl. The van der Waals surface area contributed by atoms with Crippen molar-refractivity contribution in [3.8, 4) is 0 Å². The zero-order valence-corrected chi connectivity index (χ0v) is 11.2. The molecule has 0 aliphatic heterocycles. The van der Waals surface area contributed by atoms with Crippen molar-refractivity contribution in [2.75, 3.05) is 7.11 Å². The summed E-state index contributed by atoms with van der Waals surface area (Å²) in [6, 6.07) is 0. The van der Waals surface area contributed by atoms with E-state index in [1.54, 1.807) is 6.92 Å². The highest BCUT2D eigenvalue weighted by Crippen LogP contribution is 2.48. The van der Waals surface area contributed by atoms with Crippen LogP contribution in [-0.2, 0) is 4.74 Å². The lowest BCUT2D eigenvalue weighted by Crippen LogP contribution is -2.34. The van der Waals surface area contributed by atoms with Gasteiger partial charge in [-0.05, 0) is 6.92 Å². The minimum Gasteiger partial charge on any atom is -0.494 e. The first-order valence-corrected chi connectivity index (χ1v) is 5.61. The quantitative estimate of drug-likeness (QED) is 0.652. The maximum atomic E-state index is 6.10. The highest BCUT2D eigenvalue weighted by atomic mass is 35.5. The summed E-state index contributed by atoms with van der Waals surface area (Å²) >= 11 is 29.9. The van der Waals surface area contributed by atoms with Gasteiger partial charge in [-0.15, -0.1) is 23.2 Å². The second-order valence-corrected chi connectivity index (χ2v) is 5.33. The van der Waals surface area contributed by atoms with Crippen LogP contribution >= 0.6 is 58.0 Å². The second-order valence-electron chi connectivity index (χ2n) is 2.95. The molecule has 2 atom stereocenters. The van der Waals surface area contributed by atoms with Crippen molar-refractivity contribution in [3.63, 3.8) is 0 Å². The topological polar surface area (TPSA) is 9.23 Å². The number of rotatable bonds is 1. The van der Waals surface area contributed by atoms with Gasteiger partial charge < -0.3 is 4.74 Å². The Kier molecular flexibility index (Phi) is 3.94. The van der Waals surface area contributed by atoms with Gasteiger partial charge in [0, 0.05) is 0 Å². The van der Waals surface area contributed by atoms with Crippen molar-refractivity contribution in [3.05, 3.63) is 20.9 Å². The average Bonchev–Trinajstić information content (AvgIpc) is 2.14. The Morgan fingerprint density at radius 1 is 1.29 bits per heavy atom. The lowest BCUT2D eigenvalue weighted by atomic mass is 10.00. The van der Waals surface area contributed by atoms with E-state index in [2.05, 4.69) is 0 Å². The third-order valence-corrected chi connectivity index (χ3v) is 4.75. The van der Waals surface area contributed by atoms with E-state index in [1.165, 1.54) is 7.11 Å². The van der Waals surface area contributed by atoms with E-state index in [9.17, 15) is 0 Å². The average molecular weight is 296 g/mol. The smallest absolute Gasteiger partial charge is 0.154 e. The van der Waals surface area contributed by atoms with Crippen molar-refractivity contribution < 1.29 is 4.74 Å². The molecule has 0 aromatic carbocycles. The maximum absolute atomic E-state index is 6.10. The lowest BCUT2D eigenvalue weighted by Gasteiger charge is -2.32. The molecule has 0 N–H and O–H groups in total. The van der Waals surface area contributed by atoms with Crippen molar-refractivity contribution in [1.82, 2.24) is 0 Å². The molecule has 6 heteroatoms. The van der Waals surface area contributed by atoms with Gasteiger partial charge in [0.25, 0.3) is 0 Å². The van der Waals surface area contributed by atoms with E-state index < -0.39 is 10.3 Å². The summed E-state index contributed by atoms with van der Waals surface area (Å²) in [6.45, 7) is 1.64. The molecule has 0 spiro atoms. The van der Waals surface area contributed by atoms with E-state index >= 15 is 0 Å². The molecule has 2 unspecified atom stereocenters. The predicted molar refractivity (Wildman–Crippen MR) is 62.5 cm³/mol. The highest BCUT2D eigenvalue weighted by molar-refractivity contribution is 6.51. The molecule has 0 amide bonds. The largest absolute Gasteiger partial charge is 0.494 e. The number of ether oxygens (including phenoxy) is 1. The summed E-state index contributed by atoms with van der Waals surface area (Å²) in [5.74, 6) is 0.274. The van der Waals surface area contributed by atoms with Crippen molar-refractivity contribution >= 4 is 58.0 Å². The number of alkyl halides is 2. The number of hydrogen-bond acceptors (Lipinski definition) is 1. The van der Waals surface area contributed by atoms with Gasteiger partial charge in [0.2, 0.25) is 0 Å². The number of hydrogen-bond donors (Lipinski definition) is 0. The van der Waals surface area contributed by atoms with Crippen LogP contribution in [0.3, 0.4) is 0 Å². The van der Waals surface area contributed by atoms with Crippen LogP contribution in [-0.4, -0.2) is 17.4 Å². The van der Waals surface area contributed by atoms with Crippen molar-refractivity contribution in [2.45, 2.75) is 17.2 Å². The molecule has 0 saturated heterocycles. The summed E-state index contributed by atoms with van der Waals surface area (Å²) in [7, 11) is 1.44. The summed E-state index contributed by atoms with van der Waals surface area (Å²) in [4.78, 5) is -1.00. The van der Waals surface area contributed by atoms with Gasteiger partial charge in [0.1, 0.15) is 9.91 Å². The first-order valence-electron chi connectivity index (χ1n) is 3.66. The van der Waals surface area contributed by atoms with Crippen LogP contribution < -0.4 is 0 Å². The molecule has 0 fully saturated rings. The Bertz CT molecular complexity index is 318. The molecule has 80 valence electrons. The molecule has 0 saturated carbocycles. The fraction of sp³-hybridized carbons (Fsp3) is 0.500. The van der Waals surface area contributed by atoms with Gasteiger partial charge >= 0.3 is 0 Å². The molecule has 14 heavy (non-hydrogen) atoms. The van der Waals surface area contributed by atoms with E-state index in [1.807, 2.05) is 0 Å². The first kappa shape index (κ1) is 12.8. The Morgan fingerprint density at radius 3 is 2.21 bits per heavy atom. The van der Waals surface area contributed by atoms with Crippen molar-refractivity contribution in [2.24, 2.45) is 0 Å². The lowest BCUT2D eigenvalue weighted by molar-refractivity contribution is 0.298. The highest BCUT2D eigenvalue weighted by Gasteiger charge is 2.43. The Morgan fingerprint density at radius 2 is 1.79 bits per heavy atom. The number of methoxy groups -OCH3 is 1. The van der Waals surface area contributed by atoms with E-state index in [-0.39, 0.29) is 20.9 Å². The fourth-order valence-electron chi connectivity index (χ4n) is 1.07. The fourth-order valence-corrected chi connectivity index (χ4v) is 2.65. The molecular weight excluding hydrogens is 289 g/mol. The molecule has 1 rings (SSSR count). The van der Waals surface area contributed by atoms with Gasteiger partial charge in [-0.25, -0.2) is 0 Å². The van der Waals surface area contributed by atoms with E-state index in [0.717, 1.165) is 0 Å². The van der Waals surface area contributed by atoms with E-state index in [0.29, 0.717) is 0 Å². The molecule has 0 aromatic heterocycles. The second kappa shape index (κ2) is 4.31. The predicted octanol–water partition coefficient (Wildman–Crippen LogP) is 4.39. The van der Waals surface area contributed by atoms with Crippen molar-refractivity contribution in [1.29, 1.82) is 0 Å². The van der Waals surface area contributed by atoms with Crippen LogP contribution in [0, 0.1) is 0 Å². The summed E-state index contributed by atoms with van der Waals surface area (Å²) in [6.07, 6.45) is 0. The molecule has 0 aromatic rings. The van der Waals surface area contributed by atoms with Crippen LogP contribution in [0.5, 0.6) is 0 Å². The third-order valence-electron chi connectivity index (χ3n) is 1.94. The maximum Gasteiger partial charge on any atom is 0.154 e. The molecule has 1 nitrogen and oxygen atoms in total. The molecular formula is C8H7Cl5O. The third kappa shape index (κ3) is 1.85. The molecule has 0 bridgehead atoms. The summed E-state index contributed by atoms with van der Waals surface area (Å²) < 4.78 is 4.98. The number of allylic oxidation sites excluding steroid dienone is 3. The van der Waals surface area contributed by atoms with Crippen LogP contribution in [0.1, 0.15) is 6.92 Å². The molecule has 0 radical (unpaired) electrons. The van der Waals surface area contributed by atoms with Crippen LogP contribution in [0.2, 0.25) is 0 Å².